The Labute approximate surface area is 161 Å². The first-order chi connectivity index (χ1) is 13.2. The zero-order chi connectivity index (χ0) is 19.1. The van der Waals surface area contributed by atoms with Crippen molar-refractivity contribution in [1.29, 1.82) is 0 Å². The Morgan fingerprint density at radius 1 is 1.33 bits per heavy atom. The molecule has 6 nitrogen and oxygen atoms in total. The zero-order valence-corrected chi connectivity index (χ0v) is 16.3. The topological polar surface area (TPSA) is 67.8 Å². The first kappa shape index (κ1) is 19.0. The summed E-state index contributed by atoms with van der Waals surface area (Å²) in [6, 6.07) is 10.1. The fraction of sp³-hybridized carbons (Fsp3) is 0.429. The molecule has 3 rings (SSSR count). The summed E-state index contributed by atoms with van der Waals surface area (Å²) in [7, 11) is 1.70. The van der Waals surface area contributed by atoms with Gasteiger partial charge in [0.15, 0.2) is 5.96 Å². The van der Waals surface area contributed by atoms with Crippen molar-refractivity contribution in [3.05, 3.63) is 53.3 Å². The second-order valence-electron chi connectivity index (χ2n) is 6.60. The number of fused-ring (bicyclic) bond motifs is 1. The van der Waals surface area contributed by atoms with E-state index in [-0.39, 0.29) is 6.10 Å². The van der Waals surface area contributed by atoms with E-state index in [0.29, 0.717) is 6.54 Å². The fourth-order valence-electron chi connectivity index (χ4n) is 3.16. The van der Waals surface area contributed by atoms with E-state index in [4.69, 9.17) is 14.5 Å². The lowest BCUT2D eigenvalue weighted by molar-refractivity contribution is 0.254. The van der Waals surface area contributed by atoms with Gasteiger partial charge in [0.25, 0.3) is 0 Å². The van der Waals surface area contributed by atoms with E-state index in [1.165, 1.54) is 5.56 Å². The summed E-state index contributed by atoms with van der Waals surface area (Å²) < 4.78 is 11.4. The molecule has 0 fully saturated rings. The van der Waals surface area contributed by atoms with Crippen molar-refractivity contribution in [3.8, 4) is 11.5 Å². The summed E-state index contributed by atoms with van der Waals surface area (Å²) in [5, 5.41) is 6.65. The molecule has 0 aliphatic carbocycles. The molecule has 1 aromatic heterocycles. The van der Waals surface area contributed by atoms with Gasteiger partial charge in [-0.1, -0.05) is 6.07 Å². The van der Waals surface area contributed by atoms with Crippen molar-refractivity contribution < 1.29 is 9.47 Å². The minimum atomic E-state index is 0.217. The summed E-state index contributed by atoms with van der Waals surface area (Å²) in [6.45, 7) is 6.23. The van der Waals surface area contributed by atoms with Crippen LogP contribution < -0.4 is 20.1 Å². The lowest BCUT2D eigenvalue weighted by atomic mass is 10.1. The number of aromatic nitrogens is 1. The second kappa shape index (κ2) is 9.26. The SMILES string of the molecule is CCNC(=NCc1cc2c(cc1OC)CC(C)O2)NCCc1ccccn1. The standard InChI is InChI=1S/C21H28N4O2/c1-4-22-21(24-10-8-18-7-5-6-9-23-18)25-14-17-13-20-16(11-15(2)27-20)12-19(17)26-3/h5-7,9,12-13,15H,4,8,10-11,14H2,1-3H3,(H2,22,24,25). The van der Waals surface area contributed by atoms with E-state index in [0.717, 1.165) is 54.6 Å². The third-order valence-electron chi connectivity index (χ3n) is 4.45. The van der Waals surface area contributed by atoms with Gasteiger partial charge < -0.3 is 20.1 Å². The number of pyridine rings is 1. The van der Waals surface area contributed by atoms with Gasteiger partial charge in [0.05, 0.1) is 13.7 Å². The molecule has 27 heavy (non-hydrogen) atoms. The Balaban J connectivity index is 1.65. The predicted octanol–water partition coefficient (Wildman–Crippen LogP) is 2.71. The number of benzene rings is 1. The van der Waals surface area contributed by atoms with Gasteiger partial charge in [0.2, 0.25) is 0 Å². The molecule has 2 N–H and O–H groups in total. The number of methoxy groups -OCH3 is 1. The number of nitrogens with one attached hydrogen (secondary N) is 2. The molecule has 0 saturated carbocycles. The fourth-order valence-corrected chi connectivity index (χ4v) is 3.16. The molecule has 2 aromatic rings. The number of guanidine groups is 1. The molecule has 0 amide bonds. The van der Waals surface area contributed by atoms with Gasteiger partial charge in [-0.05, 0) is 38.1 Å². The van der Waals surface area contributed by atoms with Gasteiger partial charge in [-0.15, -0.1) is 0 Å². The molecule has 1 aliphatic heterocycles. The molecule has 0 spiro atoms. The molecule has 1 aliphatic rings. The van der Waals surface area contributed by atoms with Gasteiger partial charge in [-0.25, -0.2) is 4.99 Å². The molecule has 1 atom stereocenters. The molecule has 144 valence electrons. The molecular formula is C21H28N4O2. The van der Waals surface area contributed by atoms with Crippen molar-refractivity contribution >= 4 is 5.96 Å². The van der Waals surface area contributed by atoms with E-state index < -0.39 is 0 Å². The van der Waals surface area contributed by atoms with Crippen LogP contribution in [-0.2, 0) is 19.4 Å². The lowest BCUT2D eigenvalue weighted by Crippen LogP contribution is -2.38. The lowest BCUT2D eigenvalue weighted by Gasteiger charge is -2.13. The number of ether oxygens (including phenoxy) is 2. The van der Waals surface area contributed by atoms with Crippen LogP contribution >= 0.6 is 0 Å². The molecule has 0 bridgehead atoms. The van der Waals surface area contributed by atoms with Crippen molar-refractivity contribution in [1.82, 2.24) is 15.6 Å². The minimum absolute atomic E-state index is 0.217. The van der Waals surface area contributed by atoms with Crippen LogP contribution in [0.4, 0.5) is 0 Å². The smallest absolute Gasteiger partial charge is 0.191 e. The summed E-state index contributed by atoms with van der Waals surface area (Å²) in [5.41, 5.74) is 3.28. The normalized spacial score (nSPS) is 15.8. The number of rotatable bonds is 7. The first-order valence-corrected chi connectivity index (χ1v) is 9.48. The summed E-state index contributed by atoms with van der Waals surface area (Å²) >= 11 is 0. The number of nitrogens with zero attached hydrogens (tertiary/aromatic N) is 2. The Bertz CT molecular complexity index is 777. The monoisotopic (exact) mass is 368 g/mol. The third-order valence-corrected chi connectivity index (χ3v) is 4.45. The van der Waals surface area contributed by atoms with Crippen LogP contribution in [0.2, 0.25) is 0 Å². The maximum Gasteiger partial charge on any atom is 0.191 e. The van der Waals surface area contributed by atoms with Crippen molar-refractivity contribution in [2.75, 3.05) is 20.2 Å². The predicted molar refractivity (Wildman–Crippen MR) is 108 cm³/mol. The van der Waals surface area contributed by atoms with Gasteiger partial charge in [-0.2, -0.15) is 0 Å². The largest absolute Gasteiger partial charge is 0.496 e. The highest BCUT2D eigenvalue weighted by atomic mass is 16.5. The molecule has 1 unspecified atom stereocenters. The molecule has 6 heteroatoms. The zero-order valence-electron chi connectivity index (χ0n) is 16.3. The molecule has 0 radical (unpaired) electrons. The maximum atomic E-state index is 5.87. The average molecular weight is 368 g/mol. The number of hydrogen-bond acceptors (Lipinski definition) is 4. The van der Waals surface area contributed by atoms with E-state index in [2.05, 4.69) is 41.6 Å². The molecular weight excluding hydrogens is 340 g/mol. The van der Waals surface area contributed by atoms with Crippen molar-refractivity contribution in [3.63, 3.8) is 0 Å². The average Bonchev–Trinajstić information content (AvgIpc) is 3.05. The van der Waals surface area contributed by atoms with Gasteiger partial charge in [0.1, 0.15) is 17.6 Å². The molecule has 1 aromatic carbocycles. The Hall–Kier alpha value is -2.76. The number of hydrogen-bond donors (Lipinski definition) is 2. The van der Waals surface area contributed by atoms with Crippen LogP contribution in [0.5, 0.6) is 11.5 Å². The van der Waals surface area contributed by atoms with E-state index in [9.17, 15) is 0 Å². The maximum absolute atomic E-state index is 5.87. The van der Waals surface area contributed by atoms with Gasteiger partial charge in [0, 0.05) is 48.9 Å². The highest BCUT2D eigenvalue weighted by Crippen LogP contribution is 2.35. The summed E-state index contributed by atoms with van der Waals surface area (Å²) in [6.07, 6.45) is 3.80. The summed E-state index contributed by atoms with van der Waals surface area (Å²) in [4.78, 5) is 9.05. The molecule has 2 heterocycles. The van der Waals surface area contributed by atoms with Crippen LogP contribution in [0, 0.1) is 0 Å². The Kier molecular flexibility index (Phi) is 6.52. The van der Waals surface area contributed by atoms with Crippen molar-refractivity contribution in [2.45, 2.75) is 39.3 Å². The number of aliphatic imine (C=N–C) groups is 1. The Morgan fingerprint density at radius 2 is 2.22 bits per heavy atom. The third kappa shape index (κ3) is 5.12. The minimum Gasteiger partial charge on any atom is -0.496 e. The second-order valence-corrected chi connectivity index (χ2v) is 6.60. The summed E-state index contributed by atoms with van der Waals surface area (Å²) in [5.74, 6) is 2.59. The van der Waals surface area contributed by atoms with Crippen molar-refractivity contribution in [2.24, 2.45) is 4.99 Å². The van der Waals surface area contributed by atoms with Crippen LogP contribution in [0.25, 0.3) is 0 Å². The van der Waals surface area contributed by atoms with Gasteiger partial charge >= 0.3 is 0 Å². The van der Waals surface area contributed by atoms with Crippen LogP contribution in [0.1, 0.15) is 30.7 Å². The molecule has 0 saturated heterocycles. The van der Waals surface area contributed by atoms with Gasteiger partial charge in [-0.3, -0.25) is 4.98 Å². The van der Waals surface area contributed by atoms with E-state index in [1.54, 1.807) is 7.11 Å². The first-order valence-electron chi connectivity index (χ1n) is 9.48. The van der Waals surface area contributed by atoms with E-state index >= 15 is 0 Å². The quantitative estimate of drug-likeness (QED) is 0.581. The van der Waals surface area contributed by atoms with Crippen LogP contribution in [0.3, 0.4) is 0 Å². The Morgan fingerprint density at radius 3 is 2.96 bits per heavy atom. The van der Waals surface area contributed by atoms with Crippen LogP contribution in [-0.4, -0.2) is 37.2 Å². The highest BCUT2D eigenvalue weighted by molar-refractivity contribution is 5.79. The highest BCUT2D eigenvalue weighted by Gasteiger charge is 2.21. The van der Waals surface area contributed by atoms with E-state index in [1.807, 2.05) is 24.4 Å². The van der Waals surface area contributed by atoms with Crippen LogP contribution in [0.15, 0.2) is 41.5 Å².